The molecule has 1 unspecified atom stereocenters. The molecule has 6 nitrogen and oxygen atoms in total. The standard InChI is InChI=1S/C25H20N2O4/c28-13-14-8-10-27-18-7-2-1-5-16(18)20(19(27)12-14)22-21(24(29)26-25(22)30)17-6-3-4-15-9-11-31-23(15)17/h1-7,9,11,14,28H,8,10,12-13H2,(H,26,29,30). The van der Waals surface area contributed by atoms with Crippen LogP contribution in [0.1, 0.15) is 23.2 Å². The fourth-order valence-corrected chi connectivity index (χ4v) is 5.09. The van der Waals surface area contributed by atoms with Crippen molar-refractivity contribution < 1.29 is 19.1 Å². The number of aliphatic hydroxyl groups is 1. The first-order valence-corrected chi connectivity index (χ1v) is 10.4. The molecule has 2 aliphatic rings. The highest BCUT2D eigenvalue weighted by Crippen LogP contribution is 2.42. The molecule has 4 heterocycles. The predicted octanol–water partition coefficient (Wildman–Crippen LogP) is 3.51. The number of aliphatic hydroxyl groups excluding tert-OH is 1. The molecule has 4 aromatic rings. The van der Waals surface area contributed by atoms with E-state index in [1.807, 2.05) is 48.5 Å². The Balaban J connectivity index is 1.71. The van der Waals surface area contributed by atoms with Gasteiger partial charge in [-0.1, -0.05) is 36.4 Å². The van der Waals surface area contributed by atoms with Crippen LogP contribution in [0.15, 0.2) is 59.2 Å². The minimum absolute atomic E-state index is 0.101. The highest BCUT2D eigenvalue weighted by atomic mass is 16.3. The second kappa shape index (κ2) is 6.68. The highest BCUT2D eigenvalue weighted by molar-refractivity contribution is 6.50. The Labute approximate surface area is 177 Å². The summed E-state index contributed by atoms with van der Waals surface area (Å²) in [7, 11) is 0. The largest absolute Gasteiger partial charge is 0.464 e. The Morgan fingerprint density at radius 2 is 1.87 bits per heavy atom. The number of imide groups is 1. The lowest BCUT2D eigenvalue weighted by atomic mass is 9.89. The lowest BCUT2D eigenvalue weighted by Gasteiger charge is -2.24. The van der Waals surface area contributed by atoms with Crippen LogP contribution >= 0.6 is 0 Å². The fourth-order valence-electron chi connectivity index (χ4n) is 5.09. The van der Waals surface area contributed by atoms with Gasteiger partial charge in [-0.3, -0.25) is 14.9 Å². The van der Waals surface area contributed by atoms with E-state index in [0.29, 0.717) is 28.7 Å². The summed E-state index contributed by atoms with van der Waals surface area (Å²) in [6, 6.07) is 15.4. The van der Waals surface area contributed by atoms with E-state index in [1.54, 1.807) is 6.26 Å². The Morgan fingerprint density at radius 3 is 2.74 bits per heavy atom. The van der Waals surface area contributed by atoms with Crippen molar-refractivity contribution in [2.45, 2.75) is 19.4 Å². The summed E-state index contributed by atoms with van der Waals surface area (Å²) in [6.07, 6.45) is 3.12. The van der Waals surface area contributed by atoms with Crippen molar-refractivity contribution in [1.29, 1.82) is 0 Å². The van der Waals surface area contributed by atoms with E-state index in [0.717, 1.165) is 40.5 Å². The van der Waals surface area contributed by atoms with Crippen molar-refractivity contribution in [3.8, 4) is 0 Å². The van der Waals surface area contributed by atoms with Gasteiger partial charge >= 0.3 is 0 Å². The van der Waals surface area contributed by atoms with Crippen molar-refractivity contribution >= 4 is 44.8 Å². The second-order valence-corrected chi connectivity index (χ2v) is 8.21. The molecule has 6 rings (SSSR count). The molecule has 154 valence electrons. The monoisotopic (exact) mass is 412 g/mol. The van der Waals surface area contributed by atoms with E-state index in [4.69, 9.17) is 4.42 Å². The zero-order chi connectivity index (χ0) is 21.1. The molecule has 0 fully saturated rings. The van der Waals surface area contributed by atoms with Crippen molar-refractivity contribution in [2.24, 2.45) is 5.92 Å². The number of carbonyl (C=O) groups excluding carboxylic acids is 2. The molecule has 0 radical (unpaired) electrons. The topological polar surface area (TPSA) is 84.5 Å². The van der Waals surface area contributed by atoms with Gasteiger partial charge in [0.05, 0.1) is 17.4 Å². The molecular formula is C25H20N2O4. The first-order chi connectivity index (χ1) is 15.2. The first-order valence-electron chi connectivity index (χ1n) is 10.4. The van der Waals surface area contributed by atoms with Gasteiger partial charge < -0.3 is 14.1 Å². The van der Waals surface area contributed by atoms with E-state index in [-0.39, 0.29) is 12.5 Å². The number of amides is 2. The van der Waals surface area contributed by atoms with Crippen LogP contribution in [-0.2, 0) is 22.6 Å². The van der Waals surface area contributed by atoms with Gasteiger partial charge in [0.1, 0.15) is 5.58 Å². The number of furan rings is 1. The van der Waals surface area contributed by atoms with Gasteiger partial charge in [0.25, 0.3) is 11.8 Å². The highest BCUT2D eigenvalue weighted by Gasteiger charge is 2.38. The molecule has 2 aromatic heterocycles. The number of aromatic nitrogens is 1. The fraction of sp³-hybridized carbons (Fsp3) is 0.200. The summed E-state index contributed by atoms with van der Waals surface area (Å²) < 4.78 is 7.91. The van der Waals surface area contributed by atoms with Crippen molar-refractivity contribution in [2.75, 3.05) is 6.61 Å². The second-order valence-electron chi connectivity index (χ2n) is 8.21. The number of hydrogen-bond donors (Lipinski definition) is 2. The lowest BCUT2D eigenvalue weighted by molar-refractivity contribution is -0.122. The van der Waals surface area contributed by atoms with Crippen LogP contribution in [0, 0.1) is 5.92 Å². The third-order valence-corrected chi connectivity index (χ3v) is 6.51. The van der Waals surface area contributed by atoms with Gasteiger partial charge in [0, 0.05) is 46.3 Å². The third-order valence-electron chi connectivity index (χ3n) is 6.51. The maximum absolute atomic E-state index is 13.1. The number of hydrogen-bond acceptors (Lipinski definition) is 4. The molecule has 0 aliphatic carbocycles. The van der Waals surface area contributed by atoms with Crippen LogP contribution in [0.5, 0.6) is 0 Å². The number of rotatable bonds is 3. The minimum Gasteiger partial charge on any atom is -0.464 e. The molecule has 1 atom stereocenters. The van der Waals surface area contributed by atoms with Gasteiger partial charge in [-0.05, 0) is 30.9 Å². The number of fused-ring (bicyclic) bond motifs is 4. The van der Waals surface area contributed by atoms with Gasteiger partial charge in [0.15, 0.2) is 0 Å². The van der Waals surface area contributed by atoms with E-state index in [2.05, 4.69) is 9.88 Å². The number of para-hydroxylation sites is 2. The average Bonchev–Trinajstić information content (AvgIpc) is 3.47. The summed E-state index contributed by atoms with van der Waals surface area (Å²) >= 11 is 0. The first kappa shape index (κ1) is 18.2. The third kappa shape index (κ3) is 2.55. The Hall–Kier alpha value is -3.64. The Bertz CT molecular complexity index is 1420. The van der Waals surface area contributed by atoms with Crippen molar-refractivity contribution in [3.05, 3.63) is 71.6 Å². The molecule has 31 heavy (non-hydrogen) atoms. The SMILES string of the molecule is O=C1NC(=O)C(c2cccc3ccoc23)=C1c1c2n(c3ccccc13)CCC(CO)C2. The van der Waals surface area contributed by atoms with E-state index in [1.165, 1.54) is 0 Å². The van der Waals surface area contributed by atoms with Crippen molar-refractivity contribution in [1.82, 2.24) is 9.88 Å². The van der Waals surface area contributed by atoms with Crippen LogP contribution in [0.3, 0.4) is 0 Å². The summed E-state index contributed by atoms with van der Waals surface area (Å²) in [4.78, 5) is 26.1. The maximum Gasteiger partial charge on any atom is 0.259 e. The average molecular weight is 412 g/mol. The minimum atomic E-state index is -0.414. The number of nitrogens with one attached hydrogen (secondary N) is 1. The molecule has 2 N–H and O–H groups in total. The summed E-state index contributed by atoms with van der Waals surface area (Å²) in [6.45, 7) is 0.872. The molecule has 2 aromatic carbocycles. The van der Waals surface area contributed by atoms with Crippen LogP contribution in [0.2, 0.25) is 0 Å². The number of carbonyl (C=O) groups is 2. The number of aryl methyl sites for hydroxylation is 1. The normalized spacial score (nSPS) is 18.8. The molecule has 6 heteroatoms. The van der Waals surface area contributed by atoms with Crippen LogP contribution in [0.25, 0.3) is 33.0 Å². The van der Waals surface area contributed by atoms with Crippen LogP contribution in [-0.4, -0.2) is 28.1 Å². The molecule has 0 saturated carbocycles. The number of nitrogens with zero attached hydrogens (tertiary/aromatic N) is 1. The Kier molecular flexibility index (Phi) is 3.91. The lowest BCUT2D eigenvalue weighted by Crippen LogP contribution is -2.24. The van der Waals surface area contributed by atoms with Gasteiger partial charge in [-0.25, -0.2) is 0 Å². The smallest absolute Gasteiger partial charge is 0.259 e. The maximum atomic E-state index is 13.1. The van der Waals surface area contributed by atoms with E-state index < -0.39 is 11.8 Å². The van der Waals surface area contributed by atoms with E-state index >= 15 is 0 Å². The van der Waals surface area contributed by atoms with E-state index in [9.17, 15) is 14.7 Å². The molecule has 0 spiro atoms. The zero-order valence-electron chi connectivity index (χ0n) is 16.7. The van der Waals surface area contributed by atoms with Gasteiger partial charge in [0.2, 0.25) is 0 Å². The molecule has 2 amide bonds. The number of benzene rings is 2. The van der Waals surface area contributed by atoms with Gasteiger partial charge in [-0.2, -0.15) is 0 Å². The quantitative estimate of drug-likeness (QED) is 0.505. The molecule has 0 saturated heterocycles. The van der Waals surface area contributed by atoms with Crippen LogP contribution in [0.4, 0.5) is 0 Å². The molecule has 2 aliphatic heterocycles. The van der Waals surface area contributed by atoms with Gasteiger partial charge in [-0.15, -0.1) is 0 Å². The summed E-state index contributed by atoms with van der Waals surface area (Å²) in [5.41, 5.74) is 4.75. The predicted molar refractivity (Wildman–Crippen MR) is 117 cm³/mol. The summed E-state index contributed by atoms with van der Waals surface area (Å²) in [5, 5.41) is 14.1. The summed E-state index contributed by atoms with van der Waals surface area (Å²) in [5.74, 6) is -0.676. The van der Waals surface area contributed by atoms with Crippen LogP contribution < -0.4 is 5.32 Å². The Morgan fingerprint density at radius 1 is 1.03 bits per heavy atom. The molecule has 0 bridgehead atoms. The zero-order valence-corrected chi connectivity index (χ0v) is 16.7. The van der Waals surface area contributed by atoms with Crippen molar-refractivity contribution in [3.63, 3.8) is 0 Å². The molecular weight excluding hydrogens is 392 g/mol.